The average Bonchev–Trinajstić information content (AvgIpc) is 3.14. The van der Waals surface area contributed by atoms with Crippen molar-refractivity contribution in [3.63, 3.8) is 0 Å². The Balaban J connectivity index is 0.00000124. The van der Waals surface area contributed by atoms with Gasteiger partial charge in [0.25, 0.3) is 6.71 Å². The number of ether oxygens (including phenoxy) is 2. The quantitative estimate of drug-likeness (QED) is 0.208. The number of carbonyl (C=O) groups is 5. The third kappa shape index (κ3) is 13.2. The molecule has 1 rings (SSSR count). The lowest BCUT2D eigenvalue weighted by molar-refractivity contribution is -0.149. The summed E-state index contributed by atoms with van der Waals surface area (Å²) in [5, 5.41) is 0. The van der Waals surface area contributed by atoms with E-state index in [0.717, 1.165) is 24.7 Å². The SMILES string of the molecule is C=C1CCC(=O)B1C(C)C(=O)OCC(CC)CC(CC)COC(=O)C(C)C.CC(=O)/C=C\C(C)=O. The van der Waals surface area contributed by atoms with Gasteiger partial charge in [-0.05, 0) is 50.7 Å². The first-order valence-electron chi connectivity index (χ1n) is 12.6. The zero-order valence-corrected chi connectivity index (χ0v) is 22.6. The molecule has 0 radical (unpaired) electrons. The highest BCUT2D eigenvalue weighted by Gasteiger charge is 2.41. The van der Waals surface area contributed by atoms with Gasteiger partial charge in [0.2, 0.25) is 0 Å². The molecule has 0 aromatic heterocycles. The van der Waals surface area contributed by atoms with Crippen LogP contribution in [0.1, 0.15) is 80.6 Å². The fraction of sp³-hybridized carbons (Fsp3) is 0.667. The van der Waals surface area contributed by atoms with Gasteiger partial charge in [0.15, 0.2) is 11.6 Å². The van der Waals surface area contributed by atoms with Crippen molar-refractivity contribution in [3.8, 4) is 0 Å². The van der Waals surface area contributed by atoms with Crippen molar-refractivity contribution in [2.75, 3.05) is 13.2 Å². The van der Waals surface area contributed by atoms with Crippen molar-refractivity contribution >= 4 is 35.9 Å². The number of rotatable bonds is 13. The third-order valence-corrected chi connectivity index (χ3v) is 6.12. The summed E-state index contributed by atoms with van der Waals surface area (Å²) in [6.45, 7) is 16.6. The van der Waals surface area contributed by atoms with Crippen LogP contribution < -0.4 is 0 Å². The number of carbonyl (C=O) groups excluding carboxylic acids is 5. The Hall–Kier alpha value is -2.51. The molecule has 3 atom stereocenters. The van der Waals surface area contributed by atoms with Crippen LogP contribution >= 0.6 is 0 Å². The molecule has 0 aromatic carbocycles. The maximum absolute atomic E-state index is 12.4. The standard InChI is InChI=1S/C21H35BO5.C6H8O2/c1-7-17(12-26-20(24)14(3)4)11-18(8-2)13-27-21(25)16(6)22-15(5)9-10-19(22)23;1-5(7)3-4-6(2)8/h14,16-18H,5,7-13H2,1-4,6H3;3-4H,1-2H3/b;4-3-. The van der Waals surface area contributed by atoms with Crippen molar-refractivity contribution in [3.05, 3.63) is 24.2 Å². The summed E-state index contributed by atoms with van der Waals surface area (Å²) in [6.07, 6.45) is 6.28. The molecule has 196 valence electrons. The van der Waals surface area contributed by atoms with Gasteiger partial charge in [-0.25, -0.2) is 0 Å². The summed E-state index contributed by atoms with van der Waals surface area (Å²) in [5.74, 6) is -0.826. The summed E-state index contributed by atoms with van der Waals surface area (Å²) in [6, 6.07) is 0. The van der Waals surface area contributed by atoms with Crippen LogP contribution in [-0.2, 0) is 33.4 Å². The van der Waals surface area contributed by atoms with Crippen LogP contribution in [0.4, 0.5) is 0 Å². The zero-order valence-electron chi connectivity index (χ0n) is 22.6. The Morgan fingerprint density at radius 1 is 0.886 bits per heavy atom. The van der Waals surface area contributed by atoms with Crippen LogP contribution in [0, 0.1) is 17.8 Å². The summed E-state index contributed by atoms with van der Waals surface area (Å²) in [7, 11) is 0. The molecule has 0 N–H and O–H groups in total. The van der Waals surface area contributed by atoms with Gasteiger partial charge in [0, 0.05) is 12.2 Å². The fourth-order valence-corrected chi connectivity index (χ4v) is 3.70. The minimum atomic E-state index is -0.473. The number of allylic oxidation sites excluding steroid dienone is 3. The van der Waals surface area contributed by atoms with E-state index >= 15 is 0 Å². The number of hydrogen-bond acceptors (Lipinski definition) is 7. The smallest absolute Gasteiger partial charge is 0.308 e. The third-order valence-electron chi connectivity index (χ3n) is 6.12. The monoisotopic (exact) mass is 490 g/mol. The second-order valence-electron chi connectivity index (χ2n) is 9.64. The highest BCUT2D eigenvalue weighted by Crippen LogP contribution is 2.29. The van der Waals surface area contributed by atoms with E-state index in [1.807, 2.05) is 13.8 Å². The molecule has 0 aliphatic carbocycles. The van der Waals surface area contributed by atoms with Crippen LogP contribution in [-0.4, -0.2) is 49.1 Å². The van der Waals surface area contributed by atoms with Gasteiger partial charge in [-0.1, -0.05) is 52.9 Å². The van der Waals surface area contributed by atoms with E-state index in [0.29, 0.717) is 26.1 Å². The summed E-state index contributed by atoms with van der Waals surface area (Å²) in [5.41, 5.74) is 0.934. The molecule has 1 fully saturated rings. The maximum Gasteiger partial charge on any atom is 0.308 e. The summed E-state index contributed by atoms with van der Waals surface area (Å²) < 4.78 is 10.9. The minimum Gasteiger partial charge on any atom is -0.466 e. The minimum absolute atomic E-state index is 0.0921. The Morgan fingerprint density at radius 3 is 1.69 bits per heavy atom. The molecule has 0 spiro atoms. The largest absolute Gasteiger partial charge is 0.466 e. The lowest BCUT2D eigenvalue weighted by Crippen LogP contribution is -2.33. The predicted octanol–water partition coefficient (Wildman–Crippen LogP) is 4.77. The number of ketones is 2. The van der Waals surface area contributed by atoms with Gasteiger partial charge < -0.3 is 14.3 Å². The topological polar surface area (TPSA) is 104 Å². The van der Waals surface area contributed by atoms with Crippen molar-refractivity contribution in [1.82, 2.24) is 0 Å². The molecule has 0 amide bonds. The van der Waals surface area contributed by atoms with Crippen molar-refractivity contribution in [1.29, 1.82) is 0 Å². The van der Waals surface area contributed by atoms with Crippen molar-refractivity contribution in [2.24, 2.45) is 17.8 Å². The molecule has 0 aromatic rings. The molecular formula is C27H43BO7. The molecule has 8 heteroatoms. The normalized spacial score (nSPS) is 15.9. The Morgan fingerprint density at radius 2 is 1.34 bits per heavy atom. The van der Waals surface area contributed by atoms with E-state index in [4.69, 9.17) is 9.47 Å². The van der Waals surface area contributed by atoms with Gasteiger partial charge in [0.1, 0.15) is 0 Å². The first kappa shape index (κ1) is 32.5. The second-order valence-corrected chi connectivity index (χ2v) is 9.64. The molecule has 0 saturated carbocycles. The van der Waals surface area contributed by atoms with E-state index in [1.54, 1.807) is 6.92 Å². The van der Waals surface area contributed by atoms with E-state index in [9.17, 15) is 24.0 Å². The maximum atomic E-state index is 12.4. The molecule has 1 heterocycles. The molecule has 3 unspecified atom stereocenters. The Labute approximate surface area is 211 Å². The molecular weight excluding hydrogens is 447 g/mol. The molecule has 1 aliphatic rings. The first-order chi connectivity index (χ1) is 16.3. The van der Waals surface area contributed by atoms with Crippen molar-refractivity contribution < 1.29 is 33.4 Å². The van der Waals surface area contributed by atoms with Crippen LogP contribution in [0.25, 0.3) is 0 Å². The zero-order chi connectivity index (χ0) is 27.1. The van der Waals surface area contributed by atoms with Crippen LogP contribution in [0.3, 0.4) is 0 Å². The van der Waals surface area contributed by atoms with E-state index in [1.165, 1.54) is 26.0 Å². The molecule has 1 aliphatic heterocycles. The highest BCUT2D eigenvalue weighted by molar-refractivity contribution is 6.99. The lowest BCUT2D eigenvalue weighted by atomic mass is 9.37. The highest BCUT2D eigenvalue weighted by atomic mass is 16.5. The van der Waals surface area contributed by atoms with Gasteiger partial charge >= 0.3 is 11.9 Å². The average molecular weight is 490 g/mol. The summed E-state index contributed by atoms with van der Waals surface area (Å²) in [4.78, 5) is 56.3. The van der Waals surface area contributed by atoms with Gasteiger partial charge in [0.05, 0.1) is 24.8 Å². The number of hydrogen-bond donors (Lipinski definition) is 0. The van der Waals surface area contributed by atoms with Gasteiger partial charge in [-0.15, -0.1) is 6.58 Å². The summed E-state index contributed by atoms with van der Waals surface area (Å²) >= 11 is 0. The van der Waals surface area contributed by atoms with Crippen LogP contribution in [0.5, 0.6) is 0 Å². The number of esters is 2. The fourth-order valence-electron chi connectivity index (χ4n) is 3.70. The van der Waals surface area contributed by atoms with E-state index < -0.39 is 12.5 Å². The second kappa shape index (κ2) is 17.0. The van der Waals surface area contributed by atoms with Gasteiger partial charge in [-0.3, -0.25) is 19.2 Å². The van der Waals surface area contributed by atoms with Crippen molar-refractivity contribution in [2.45, 2.75) is 86.4 Å². The van der Waals surface area contributed by atoms with E-state index in [2.05, 4.69) is 20.4 Å². The Kier molecular flexibility index (Phi) is 15.8. The van der Waals surface area contributed by atoms with Crippen LogP contribution in [0.15, 0.2) is 24.2 Å². The molecule has 35 heavy (non-hydrogen) atoms. The van der Waals surface area contributed by atoms with Crippen LogP contribution in [0.2, 0.25) is 5.82 Å². The molecule has 0 bridgehead atoms. The van der Waals surface area contributed by atoms with E-state index in [-0.39, 0.29) is 46.9 Å². The predicted molar refractivity (Wildman–Crippen MR) is 138 cm³/mol. The first-order valence-corrected chi connectivity index (χ1v) is 12.6. The molecule has 7 nitrogen and oxygen atoms in total. The van der Waals surface area contributed by atoms with Gasteiger partial charge in [-0.2, -0.15) is 0 Å². The lowest BCUT2D eigenvalue weighted by Gasteiger charge is -2.23. The molecule has 1 saturated heterocycles. The Bertz CT molecular complexity index is 752.